The number of carbonyl (C=O) groups excluding carboxylic acids is 1. The summed E-state index contributed by atoms with van der Waals surface area (Å²) < 4.78 is 5.33. The average molecular weight is 339 g/mol. The lowest BCUT2D eigenvalue weighted by atomic mass is 9.74. The van der Waals surface area contributed by atoms with E-state index in [0.29, 0.717) is 18.6 Å². The van der Waals surface area contributed by atoms with Crippen molar-refractivity contribution in [1.29, 1.82) is 0 Å². The number of hydrogen-bond donors (Lipinski definition) is 1. The minimum Gasteiger partial charge on any atom is -0.466 e. The van der Waals surface area contributed by atoms with Crippen LogP contribution in [0.4, 0.5) is 0 Å². The zero-order chi connectivity index (χ0) is 17.2. The van der Waals surface area contributed by atoms with Crippen LogP contribution in [-0.4, -0.2) is 40.3 Å². The van der Waals surface area contributed by atoms with Crippen molar-refractivity contribution in [3.63, 3.8) is 0 Å². The van der Waals surface area contributed by atoms with Gasteiger partial charge in [0.15, 0.2) is 0 Å². The molecule has 1 saturated heterocycles. The van der Waals surface area contributed by atoms with Gasteiger partial charge < -0.3 is 4.74 Å². The number of fused-ring (bicyclic) bond motifs is 2. The number of esters is 1. The largest absolute Gasteiger partial charge is 0.466 e. The van der Waals surface area contributed by atoms with Gasteiger partial charge in [-0.1, -0.05) is 30.3 Å². The van der Waals surface area contributed by atoms with E-state index in [4.69, 9.17) is 4.74 Å². The van der Waals surface area contributed by atoms with Crippen LogP contribution in [0.5, 0.6) is 0 Å². The molecule has 1 unspecified atom stereocenters. The van der Waals surface area contributed by atoms with Crippen LogP contribution in [0.1, 0.15) is 30.2 Å². The Bertz CT molecular complexity index is 728. The van der Waals surface area contributed by atoms with Crippen molar-refractivity contribution in [3.05, 3.63) is 53.3 Å². The Kier molecular flexibility index (Phi) is 4.57. The third-order valence-electron chi connectivity index (χ3n) is 5.61. The SMILES string of the molecule is CCOC(=O)[C@@H]1C[C@@H]2Cc3[nH]ncc3CC2N(Cc2ccccc2)C1. The number of piperidine rings is 1. The zero-order valence-corrected chi connectivity index (χ0v) is 14.6. The Balaban J connectivity index is 1.58. The lowest BCUT2D eigenvalue weighted by molar-refractivity contribution is -0.152. The fraction of sp³-hybridized carbons (Fsp3) is 0.500. The minimum absolute atomic E-state index is 0.0330. The van der Waals surface area contributed by atoms with E-state index < -0.39 is 0 Å². The van der Waals surface area contributed by atoms with Gasteiger partial charge >= 0.3 is 5.97 Å². The normalized spacial score (nSPS) is 25.9. The lowest BCUT2D eigenvalue weighted by Crippen LogP contribution is -2.53. The molecule has 2 heterocycles. The van der Waals surface area contributed by atoms with Crippen LogP contribution in [0, 0.1) is 11.8 Å². The summed E-state index contributed by atoms with van der Waals surface area (Å²) >= 11 is 0. The Labute approximate surface area is 148 Å². The number of nitrogens with one attached hydrogen (secondary N) is 1. The quantitative estimate of drug-likeness (QED) is 0.870. The van der Waals surface area contributed by atoms with Gasteiger partial charge in [-0.15, -0.1) is 0 Å². The summed E-state index contributed by atoms with van der Waals surface area (Å²) in [6.07, 6.45) is 4.86. The van der Waals surface area contributed by atoms with E-state index in [-0.39, 0.29) is 11.9 Å². The van der Waals surface area contributed by atoms with E-state index >= 15 is 0 Å². The Morgan fingerprint density at radius 1 is 1.32 bits per heavy atom. The number of carbonyl (C=O) groups is 1. The first kappa shape index (κ1) is 16.3. The second kappa shape index (κ2) is 7.00. The maximum Gasteiger partial charge on any atom is 0.310 e. The van der Waals surface area contributed by atoms with E-state index in [9.17, 15) is 4.79 Å². The number of nitrogens with zero attached hydrogens (tertiary/aromatic N) is 2. The monoisotopic (exact) mass is 339 g/mol. The van der Waals surface area contributed by atoms with Gasteiger partial charge in [0, 0.05) is 24.8 Å². The molecule has 1 aromatic heterocycles. The van der Waals surface area contributed by atoms with Crippen LogP contribution in [0.15, 0.2) is 36.5 Å². The maximum atomic E-state index is 12.4. The second-order valence-electron chi connectivity index (χ2n) is 7.21. The molecule has 1 fully saturated rings. The summed E-state index contributed by atoms with van der Waals surface area (Å²) in [5.41, 5.74) is 3.86. The molecule has 1 aliphatic carbocycles. The van der Waals surface area contributed by atoms with Gasteiger partial charge in [0.2, 0.25) is 0 Å². The van der Waals surface area contributed by atoms with E-state index in [1.165, 1.54) is 16.8 Å². The first-order chi connectivity index (χ1) is 12.2. The van der Waals surface area contributed by atoms with E-state index in [1.807, 2.05) is 19.2 Å². The van der Waals surface area contributed by atoms with E-state index in [1.54, 1.807) is 0 Å². The van der Waals surface area contributed by atoms with Crippen molar-refractivity contribution in [2.45, 2.75) is 38.8 Å². The predicted molar refractivity (Wildman–Crippen MR) is 94.9 cm³/mol. The number of H-pyrrole nitrogens is 1. The van der Waals surface area contributed by atoms with Crippen LogP contribution in [0.3, 0.4) is 0 Å². The van der Waals surface area contributed by atoms with E-state index in [2.05, 4.69) is 39.4 Å². The molecule has 0 amide bonds. The fourth-order valence-electron chi connectivity index (χ4n) is 4.44. The van der Waals surface area contributed by atoms with Crippen LogP contribution < -0.4 is 0 Å². The highest BCUT2D eigenvalue weighted by Gasteiger charge is 2.42. The number of aromatic nitrogens is 2. The Morgan fingerprint density at radius 2 is 2.16 bits per heavy atom. The van der Waals surface area contributed by atoms with Crippen LogP contribution in [0.2, 0.25) is 0 Å². The van der Waals surface area contributed by atoms with E-state index in [0.717, 1.165) is 32.4 Å². The molecule has 5 heteroatoms. The molecule has 4 rings (SSSR count). The van der Waals surface area contributed by atoms with Crippen molar-refractivity contribution < 1.29 is 9.53 Å². The van der Waals surface area contributed by atoms with Gasteiger partial charge in [-0.25, -0.2) is 0 Å². The van der Waals surface area contributed by atoms with Crippen molar-refractivity contribution in [1.82, 2.24) is 15.1 Å². The molecule has 1 N–H and O–H groups in total. The maximum absolute atomic E-state index is 12.4. The Morgan fingerprint density at radius 3 is 2.96 bits per heavy atom. The third-order valence-corrected chi connectivity index (χ3v) is 5.61. The molecule has 5 nitrogen and oxygen atoms in total. The molecular formula is C20H25N3O2. The minimum atomic E-state index is -0.0468. The molecule has 2 aromatic rings. The average Bonchev–Trinajstić information content (AvgIpc) is 3.08. The number of aromatic amines is 1. The number of rotatable bonds is 4. The standard InChI is InChI=1S/C20H25N3O2/c1-2-25-20(24)17-8-15-9-18-16(11-21-22-18)10-19(15)23(13-17)12-14-6-4-3-5-7-14/h3-7,11,15,17,19H,2,8-10,12-13H2,1H3,(H,21,22)/t15-,17-,19?/m1/s1. The van der Waals surface area contributed by atoms with Gasteiger partial charge in [0.25, 0.3) is 0 Å². The number of benzene rings is 1. The van der Waals surface area contributed by atoms with Crippen molar-refractivity contribution in [2.24, 2.45) is 11.8 Å². The van der Waals surface area contributed by atoms with Crippen molar-refractivity contribution in [3.8, 4) is 0 Å². The number of hydrogen-bond acceptors (Lipinski definition) is 4. The summed E-state index contributed by atoms with van der Waals surface area (Å²) in [4.78, 5) is 14.9. The van der Waals surface area contributed by atoms with Gasteiger partial charge in [-0.2, -0.15) is 5.10 Å². The van der Waals surface area contributed by atoms with Crippen LogP contribution >= 0.6 is 0 Å². The highest BCUT2D eigenvalue weighted by atomic mass is 16.5. The fourth-order valence-corrected chi connectivity index (χ4v) is 4.44. The van der Waals surface area contributed by atoms with Gasteiger partial charge in [0.1, 0.15) is 0 Å². The molecular weight excluding hydrogens is 314 g/mol. The molecule has 0 radical (unpaired) electrons. The third kappa shape index (κ3) is 3.33. The zero-order valence-electron chi connectivity index (χ0n) is 14.6. The summed E-state index contributed by atoms with van der Waals surface area (Å²) in [6, 6.07) is 11.0. The molecule has 3 atom stereocenters. The number of ether oxygens (including phenoxy) is 1. The highest BCUT2D eigenvalue weighted by molar-refractivity contribution is 5.73. The first-order valence-electron chi connectivity index (χ1n) is 9.20. The molecule has 0 saturated carbocycles. The van der Waals surface area contributed by atoms with Crippen LogP contribution in [-0.2, 0) is 28.9 Å². The summed E-state index contributed by atoms with van der Waals surface area (Å²) in [6.45, 7) is 3.99. The molecule has 25 heavy (non-hydrogen) atoms. The molecule has 132 valence electrons. The summed E-state index contributed by atoms with van der Waals surface area (Å²) in [5, 5.41) is 7.36. The van der Waals surface area contributed by atoms with Gasteiger partial charge in [-0.05, 0) is 43.2 Å². The topological polar surface area (TPSA) is 58.2 Å². The van der Waals surface area contributed by atoms with Crippen LogP contribution in [0.25, 0.3) is 0 Å². The van der Waals surface area contributed by atoms with Gasteiger partial charge in [-0.3, -0.25) is 14.8 Å². The molecule has 2 aliphatic rings. The molecule has 1 aliphatic heterocycles. The van der Waals surface area contributed by atoms with Crippen molar-refractivity contribution in [2.75, 3.05) is 13.2 Å². The summed E-state index contributed by atoms with van der Waals surface area (Å²) in [5.74, 6) is 0.392. The summed E-state index contributed by atoms with van der Waals surface area (Å²) in [7, 11) is 0. The van der Waals surface area contributed by atoms with Crippen molar-refractivity contribution >= 4 is 5.97 Å². The smallest absolute Gasteiger partial charge is 0.310 e. The lowest BCUT2D eigenvalue weighted by Gasteiger charge is -2.46. The predicted octanol–water partition coefficient (Wildman–Crippen LogP) is 2.58. The highest BCUT2D eigenvalue weighted by Crippen LogP contribution is 2.37. The second-order valence-corrected chi connectivity index (χ2v) is 7.21. The molecule has 0 bridgehead atoms. The molecule has 1 aromatic carbocycles. The number of likely N-dealkylation sites (tertiary alicyclic amines) is 1. The molecule has 0 spiro atoms. The first-order valence-corrected chi connectivity index (χ1v) is 9.20. The Hall–Kier alpha value is -2.14. The van der Waals surface area contributed by atoms with Gasteiger partial charge in [0.05, 0.1) is 18.7 Å².